The Balaban J connectivity index is 0.00000276. The SMILES string of the molecule is C.CC(C)(C)c1nc(-c2ccc(-[n+]3ccc(-c4cc[n+](-c5ccc(-c6nc(-c7ccc(-[n+]8ccc(-c9cc[n+](-c%10ccc(-c%11nc(C(C)(C)C)nc(C(C)(C)C)n%11)cc%10)cc9)cc8)cc7)nc(-c7ccc(-[n+]8ccc(-c9cc[n+](-c%10ccc(-c%11nc(C(C)(C)C)nc(C(C)(C)C)n%11)cc%10)cc9)cc8)cc7)n6)cc5)cc4)cc3)cc2)nc(C(C)(C)C)n1.[CH3-].[CH3-].[CH3-].[CH3-].[CH3-]. The van der Waals surface area contributed by atoms with Gasteiger partial charge in [0.25, 0.3) is 0 Å². The summed E-state index contributed by atoms with van der Waals surface area (Å²) < 4.78 is 12.7. The number of hydrogen-bond acceptors (Lipinski definition) is 12. The maximum atomic E-state index is 5.20. The number of nitrogens with zero attached hydrogens (tertiary/aromatic N) is 18. The molecule has 0 saturated heterocycles. The highest BCUT2D eigenvalue weighted by Crippen LogP contribution is 2.34. The van der Waals surface area contributed by atoms with Crippen LogP contribution in [0.1, 0.15) is 167 Å². The molecule has 642 valence electrons. The molecule has 0 unspecified atom stereocenters. The van der Waals surface area contributed by atoms with Gasteiger partial charge >= 0.3 is 0 Å². The van der Waals surface area contributed by atoms with Crippen LogP contribution in [0.4, 0.5) is 0 Å². The standard InChI is InChI=1S/C102H102N18.CH4.5CH3/c1-97(2,3)91-106-88(107-92(112-91)98(4,5)6)76-25-37-82(38-26-76)118-61-49-70(50-62-118)67-43-55-115(56-44-67)79-31-19-73(20-32-79)85-103-86(74-21-33-80(34-22-74)116-57-45-68(46-58-116)71-51-63-119(64-52-71)83-39-27-77(28-40-83)89-108-93(99(7,8)9)113-94(109-89)100(10,11)12)105-87(104-85)75-23-35-81(36-24-75)117-59-47-69(48-60-117)72-53-65-120(66-54-72)84-41-29-78(30-42-84)90-110-95(101(13,14)15)114-96(111-90)102(16,17)18;;;;;;/h19-66H,1-18H3;1H4;5*1H3/q+6;;5*-1. The zero-order chi connectivity index (χ0) is 84.2. The average molecular weight is 1670 g/mol. The minimum absolute atomic E-state index is 0. The molecule has 0 amide bonds. The molecule has 10 heterocycles. The number of rotatable bonds is 15. The van der Waals surface area contributed by atoms with Crippen LogP contribution in [0.15, 0.2) is 293 Å². The molecule has 0 aliphatic heterocycles. The lowest BCUT2D eigenvalue weighted by Gasteiger charge is -2.22. The summed E-state index contributed by atoms with van der Waals surface area (Å²) in [4.78, 5) is 59.8. The smallest absolute Gasteiger partial charge is 0.210 e. The largest absolute Gasteiger partial charge is 0.358 e. The van der Waals surface area contributed by atoms with Gasteiger partial charge in [-0.15, -0.1) is 0 Å². The molecular formula is C108H121N18+. The highest BCUT2D eigenvalue weighted by atomic mass is 15.1. The first kappa shape index (κ1) is 94.5. The van der Waals surface area contributed by atoms with Gasteiger partial charge in [-0.3, -0.25) is 0 Å². The summed E-state index contributed by atoms with van der Waals surface area (Å²) >= 11 is 0. The molecular weight excluding hydrogens is 1550 g/mol. The summed E-state index contributed by atoms with van der Waals surface area (Å²) in [5, 5.41) is 0. The van der Waals surface area contributed by atoms with Crippen molar-refractivity contribution in [3.63, 3.8) is 0 Å². The van der Waals surface area contributed by atoms with E-state index >= 15 is 0 Å². The van der Waals surface area contributed by atoms with Crippen LogP contribution in [0.5, 0.6) is 0 Å². The van der Waals surface area contributed by atoms with E-state index in [0.717, 1.165) is 136 Å². The molecule has 0 N–H and O–H groups in total. The highest BCUT2D eigenvalue weighted by Gasteiger charge is 2.30. The Hall–Kier alpha value is -13.7. The molecule has 6 aromatic carbocycles. The van der Waals surface area contributed by atoms with Crippen molar-refractivity contribution in [1.82, 2.24) is 59.8 Å². The minimum Gasteiger partial charge on any atom is -0.358 e. The normalized spacial score (nSPS) is 11.7. The molecule has 0 aliphatic rings. The second-order valence-electron chi connectivity index (χ2n) is 37.0. The Kier molecular flexibility index (Phi) is 28.0. The van der Waals surface area contributed by atoms with Gasteiger partial charge < -0.3 is 37.1 Å². The van der Waals surface area contributed by atoms with Crippen molar-refractivity contribution in [1.29, 1.82) is 0 Å². The predicted molar refractivity (Wildman–Crippen MR) is 509 cm³/mol. The Bertz CT molecular complexity index is 5640. The van der Waals surface area contributed by atoms with Gasteiger partial charge in [-0.1, -0.05) is 132 Å². The maximum Gasteiger partial charge on any atom is 0.210 e. The number of hydrogen-bond donors (Lipinski definition) is 0. The molecule has 16 aromatic rings. The van der Waals surface area contributed by atoms with Crippen LogP contribution in [0, 0.1) is 37.1 Å². The number of benzene rings is 6. The van der Waals surface area contributed by atoms with E-state index in [2.05, 4.69) is 445 Å². The molecule has 18 heteroatoms. The van der Waals surface area contributed by atoms with E-state index in [0.29, 0.717) is 34.9 Å². The summed E-state index contributed by atoms with van der Waals surface area (Å²) in [6.45, 7) is 38.5. The second kappa shape index (κ2) is 37.4. The third kappa shape index (κ3) is 21.0. The van der Waals surface area contributed by atoms with Gasteiger partial charge in [0, 0.05) is 211 Å². The molecule has 16 rings (SSSR count). The van der Waals surface area contributed by atoms with Crippen molar-refractivity contribution in [3.8, 4) is 136 Å². The van der Waals surface area contributed by atoms with Crippen LogP contribution in [-0.2, 0) is 32.5 Å². The molecule has 0 bridgehead atoms. The Morgan fingerprint density at radius 3 is 0.365 bits per heavy atom. The van der Waals surface area contributed by atoms with Gasteiger partial charge in [-0.05, 0) is 106 Å². The third-order valence-corrected chi connectivity index (χ3v) is 21.1. The van der Waals surface area contributed by atoms with Gasteiger partial charge in [0.1, 0.15) is 34.9 Å². The van der Waals surface area contributed by atoms with Gasteiger partial charge in [-0.2, -0.15) is 27.4 Å². The number of aromatic nitrogens is 18. The summed E-state index contributed by atoms with van der Waals surface area (Å²) in [5.74, 6) is 8.48. The molecule has 0 aliphatic carbocycles. The van der Waals surface area contributed by atoms with E-state index in [1.807, 2.05) is 0 Å². The average Bonchev–Trinajstić information content (AvgIpc) is 0.796. The van der Waals surface area contributed by atoms with E-state index in [4.69, 9.17) is 59.8 Å². The van der Waals surface area contributed by atoms with E-state index in [9.17, 15) is 0 Å². The van der Waals surface area contributed by atoms with Crippen molar-refractivity contribution in [2.75, 3.05) is 0 Å². The molecule has 10 aromatic heterocycles. The van der Waals surface area contributed by atoms with Crippen LogP contribution in [0.2, 0.25) is 0 Å². The fraction of sp³-hybridized carbons (Fsp3) is 0.231. The lowest BCUT2D eigenvalue weighted by molar-refractivity contribution is -0.596. The van der Waals surface area contributed by atoms with Crippen molar-refractivity contribution in [3.05, 3.63) is 365 Å². The summed E-state index contributed by atoms with van der Waals surface area (Å²) in [7, 11) is 0. The lowest BCUT2D eigenvalue weighted by atomic mass is 9.93. The van der Waals surface area contributed by atoms with Crippen molar-refractivity contribution >= 4 is 0 Å². The van der Waals surface area contributed by atoms with Crippen LogP contribution in [-0.4, -0.2) is 59.8 Å². The molecule has 0 atom stereocenters. The number of pyridine rings is 6. The first-order chi connectivity index (χ1) is 57.1. The molecule has 18 nitrogen and oxygen atoms in total. The predicted octanol–water partition coefficient (Wildman–Crippen LogP) is 21.8. The van der Waals surface area contributed by atoms with E-state index in [1.54, 1.807) is 0 Å². The first-order valence-corrected chi connectivity index (χ1v) is 40.9. The molecule has 0 fully saturated rings. The summed E-state index contributed by atoms with van der Waals surface area (Å²) in [6, 6.07) is 76.1. The van der Waals surface area contributed by atoms with Gasteiger partial charge in [-0.25, -0.2) is 59.8 Å². The monoisotopic (exact) mass is 1670 g/mol. The van der Waals surface area contributed by atoms with Crippen LogP contribution < -0.4 is 27.4 Å². The molecule has 0 saturated carbocycles. The Morgan fingerprint density at radius 2 is 0.254 bits per heavy atom. The highest BCUT2D eigenvalue weighted by molar-refractivity contribution is 5.69. The second-order valence-corrected chi connectivity index (χ2v) is 37.0. The van der Waals surface area contributed by atoms with Crippen molar-refractivity contribution in [2.24, 2.45) is 0 Å². The summed E-state index contributed by atoms with van der Waals surface area (Å²) in [6.07, 6.45) is 25.2. The Morgan fingerprint density at radius 1 is 0.143 bits per heavy atom. The quantitative estimate of drug-likeness (QED) is 0.0702. The lowest BCUT2D eigenvalue weighted by Crippen LogP contribution is -2.29. The fourth-order valence-corrected chi connectivity index (χ4v) is 13.7. The van der Waals surface area contributed by atoms with E-state index < -0.39 is 0 Å². The van der Waals surface area contributed by atoms with Gasteiger partial charge in [0.2, 0.25) is 34.1 Å². The topological polar surface area (TPSA) is 178 Å². The maximum absolute atomic E-state index is 5.20. The molecule has 126 heavy (non-hydrogen) atoms. The van der Waals surface area contributed by atoms with E-state index in [1.165, 1.54) is 0 Å². The molecule has 0 spiro atoms. The van der Waals surface area contributed by atoms with Crippen LogP contribution in [0.25, 0.3) is 136 Å². The van der Waals surface area contributed by atoms with Crippen LogP contribution >= 0.6 is 0 Å². The fourth-order valence-electron chi connectivity index (χ4n) is 13.7. The van der Waals surface area contributed by atoms with Crippen molar-refractivity contribution < 1.29 is 27.4 Å². The van der Waals surface area contributed by atoms with Crippen molar-refractivity contribution in [2.45, 2.75) is 165 Å². The van der Waals surface area contributed by atoms with Gasteiger partial charge in [0.15, 0.2) is 109 Å². The molecule has 0 radical (unpaired) electrons. The third-order valence-electron chi connectivity index (χ3n) is 21.1. The zero-order valence-electron chi connectivity index (χ0n) is 76.8. The summed E-state index contributed by atoms with van der Waals surface area (Å²) in [5.41, 5.74) is 16.8. The van der Waals surface area contributed by atoms with Crippen LogP contribution in [0.3, 0.4) is 0 Å². The zero-order valence-corrected chi connectivity index (χ0v) is 76.8. The Labute approximate surface area is 747 Å². The van der Waals surface area contributed by atoms with Gasteiger partial charge in [0.05, 0.1) is 0 Å². The first-order valence-electron chi connectivity index (χ1n) is 40.9. The minimum atomic E-state index is -0.215. The van der Waals surface area contributed by atoms with E-state index in [-0.39, 0.29) is 77.0 Å².